The number of nitrogens with zero attached hydrogens (tertiary/aromatic N) is 3. The fourth-order valence-corrected chi connectivity index (χ4v) is 2.25. The van der Waals surface area contributed by atoms with Gasteiger partial charge in [-0.05, 0) is 19.3 Å². The fraction of sp³-hybridized carbons (Fsp3) is 0.750. The predicted octanol–water partition coefficient (Wildman–Crippen LogP) is 1.37. The summed E-state index contributed by atoms with van der Waals surface area (Å²) in [5.74, 6) is 0.212. The molecule has 0 aromatic carbocycles. The molecule has 5 nitrogen and oxygen atoms in total. The highest BCUT2D eigenvalue weighted by Gasteiger charge is 2.27. The summed E-state index contributed by atoms with van der Waals surface area (Å²) in [6.45, 7) is 3.05. The summed E-state index contributed by atoms with van der Waals surface area (Å²) >= 11 is 0. The minimum atomic E-state index is -0.326. The number of hydrogen-bond acceptors (Lipinski definition) is 3. The van der Waals surface area contributed by atoms with E-state index in [1.54, 1.807) is 0 Å². The number of unbranched alkanes of at least 4 members (excludes halogenated alkanes) is 1. The Bertz CT molecular complexity index is 395. The van der Waals surface area contributed by atoms with Crippen LogP contribution in [0.5, 0.6) is 0 Å². The molecule has 1 saturated carbocycles. The number of nitrogens with two attached hydrogens (primary N) is 1. The van der Waals surface area contributed by atoms with Crippen molar-refractivity contribution in [2.45, 2.75) is 57.9 Å². The van der Waals surface area contributed by atoms with Crippen molar-refractivity contribution in [2.24, 2.45) is 5.73 Å². The van der Waals surface area contributed by atoms with Crippen molar-refractivity contribution >= 4 is 5.91 Å². The zero-order valence-electron chi connectivity index (χ0n) is 10.4. The van der Waals surface area contributed by atoms with Gasteiger partial charge in [-0.2, -0.15) is 0 Å². The highest BCUT2D eigenvalue weighted by Crippen LogP contribution is 2.37. The normalized spacial score (nSPS) is 15.8. The summed E-state index contributed by atoms with van der Waals surface area (Å²) in [5.41, 5.74) is 7.19. The number of aryl methyl sites for hydroxylation is 1. The van der Waals surface area contributed by atoms with E-state index in [4.69, 9.17) is 5.73 Å². The van der Waals surface area contributed by atoms with Gasteiger partial charge in [0.25, 0.3) is 0 Å². The molecule has 0 aliphatic heterocycles. The van der Waals surface area contributed by atoms with Crippen LogP contribution in [0, 0.1) is 0 Å². The molecule has 1 aromatic rings. The Morgan fingerprint density at radius 3 is 2.82 bits per heavy atom. The van der Waals surface area contributed by atoms with Gasteiger partial charge in [-0.3, -0.25) is 4.79 Å². The lowest BCUT2D eigenvalue weighted by atomic mass is 9.81. The van der Waals surface area contributed by atoms with Gasteiger partial charge in [0, 0.05) is 12.5 Å². The SMILES string of the molecule is CCCCn1nnc(CC(N)=O)c1C1CCC1. The lowest BCUT2D eigenvalue weighted by Gasteiger charge is -2.26. The number of primary amides is 1. The van der Waals surface area contributed by atoms with Gasteiger partial charge < -0.3 is 5.73 Å². The monoisotopic (exact) mass is 236 g/mol. The van der Waals surface area contributed by atoms with E-state index in [-0.39, 0.29) is 12.3 Å². The molecule has 0 bridgehead atoms. The lowest BCUT2D eigenvalue weighted by molar-refractivity contribution is -0.117. The van der Waals surface area contributed by atoms with Crippen molar-refractivity contribution < 1.29 is 4.79 Å². The maximum Gasteiger partial charge on any atom is 0.223 e. The summed E-state index contributed by atoms with van der Waals surface area (Å²) < 4.78 is 1.98. The number of amides is 1. The van der Waals surface area contributed by atoms with Crippen molar-refractivity contribution in [3.05, 3.63) is 11.4 Å². The quantitative estimate of drug-likeness (QED) is 0.810. The Morgan fingerprint density at radius 2 is 2.29 bits per heavy atom. The molecule has 1 aliphatic carbocycles. The van der Waals surface area contributed by atoms with E-state index < -0.39 is 0 Å². The van der Waals surface area contributed by atoms with Gasteiger partial charge in [0.2, 0.25) is 5.91 Å². The molecule has 0 unspecified atom stereocenters. The molecule has 2 N–H and O–H groups in total. The second-order valence-electron chi connectivity index (χ2n) is 4.77. The van der Waals surface area contributed by atoms with E-state index in [9.17, 15) is 4.79 Å². The molecule has 1 aromatic heterocycles. The van der Waals surface area contributed by atoms with Crippen LogP contribution < -0.4 is 5.73 Å². The van der Waals surface area contributed by atoms with Crippen LogP contribution in [0.4, 0.5) is 0 Å². The van der Waals surface area contributed by atoms with Crippen molar-refractivity contribution in [1.29, 1.82) is 0 Å². The van der Waals surface area contributed by atoms with E-state index in [1.807, 2.05) is 4.68 Å². The van der Waals surface area contributed by atoms with Crippen LogP contribution in [0.2, 0.25) is 0 Å². The Hall–Kier alpha value is -1.39. The molecule has 17 heavy (non-hydrogen) atoms. The molecule has 1 fully saturated rings. The number of carbonyl (C=O) groups excluding carboxylic acids is 1. The predicted molar refractivity (Wildman–Crippen MR) is 64.4 cm³/mol. The van der Waals surface area contributed by atoms with E-state index in [0.29, 0.717) is 5.92 Å². The molecule has 0 spiro atoms. The first-order valence-electron chi connectivity index (χ1n) is 6.43. The van der Waals surface area contributed by atoms with E-state index in [2.05, 4.69) is 17.2 Å². The van der Waals surface area contributed by atoms with Crippen molar-refractivity contribution in [2.75, 3.05) is 0 Å². The van der Waals surface area contributed by atoms with Crippen LogP contribution in [0.3, 0.4) is 0 Å². The van der Waals surface area contributed by atoms with Gasteiger partial charge in [0.1, 0.15) is 0 Å². The molecule has 2 rings (SSSR count). The molecule has 0 saturated heterocycles. The molecule has 1 heterocycles. The minimum Gasteiger partial charge on any atom is -0.369 e. The van der Waals surface area contributed by atoms with Gasteiger partial charge in [-0.1, -0.05) is 25.0 Å². The van der Waals surface area contributed by atoms with E-state index >= 15 is 0 Å². The molecule has 1 aliphatic rings. The van der Waals surface area contributed by atoms with E-state index in [1.165, 1.54) is 19.3 Å². The third-order valence-electron chi connectivity index (χ3n) is 3.40. The smallest absolute Gasteiger partial charge is 0.223 e. The van der Waals surface area contributed by atoms with Gasteiger partial charge in [0.05, 0.1) is 17.8 Å². The first kappa shape index (κ1) is 12.1. The molecule has 1 amide bonds. The van der Waals surface area contributed by atoms with Crippen LogP contribution in [0.1, 0.15) is 56.3 Å². The van der Waals surface area contributed by atoms with E-state index in [0.717, 1.165) is 30.8 Å². The van der Waals surface area contributed by atoms with Crippen LogP contribution in [-0.4, -0.2) is 20.9 Å². The molecule has 0 radical (unpaired) electrons. The third-order valence-corrected chi connectivity index (χ3v) is 3.40. The maximum atomic E-state index is 11.0. The van der Waals surface area contributed by atoms with Crippen LogP contribution >= 0.6 is 0 Å². The van der Waals surface area contributed by atoms with Gasteiger partial charge >= 0.3 is 0 Å². The summed E-state index contributed by atoms with van der Waals surface area (Å²) in [7, 11) is 0. The van der Waals surface area contributed by atoms with Crippen LogP contribution in [-0.2, 0) is 17.8 Å². The number of hydrogen-bond donors (Lipinski definition) is 1. The second-order valence-corrected chi connectivity index (χ2v) is 4.77. The van der Waals surface area contributed by atoms with Crippen molar-refractivity contribution in [3.8, 4) is 0 Å². The topological polar surface area (TPSA) is 73.8 Å². The average molecular weight is 236 g/mol. The Balaban J connectivity index is 2.19. The summed E-state index contributed by atoms with van der Waals surface area (Å²) in [6.07, 6.45) is 6.09. The summed E-state index contributed by atoms with van der Waals surface area (Å²) in [4.78, 5) is 11.0. The largest absolute Gasteiger partial charge is 0.369 e. The first-order valence-corrected chi connectivity index (χ1v) is 6.43. The minimum absolute atomic E-state index is 0.220. The fourth-order valence-electron chi connectivity index (χ4n) is 2.25. The molecule has 94 valence electrons. The molecule has 5 heteroatoms. The third kappa shape index (κ3) is 2.65. The molecular weight excluding hydrogens is 216 g/mol. The number of aromatic nitrogens is 3. The van der Waals surface area contributed by atoms with Crippen LogP contribution in [0.25, 0.3) is 0 Å². The number of rotatable bonds is 6. The summed E-state index contributed by atoms with van der Waals surface area (Å²) in [6, 6.07) is 0. The second kappa shape index (κ2) is 5.29. The summed E-state index contributed by atoms with van der Waals surface area (Å²) in [5, 5.41) is 8.29. The van der Waals surface area contributed by atoms with Crippen molar-refractivity contribution in [1.82, 2.24) is 15.0 Å². The van der Waals surface area contributed by atoms with Gasteiger partial charge in [0.15, 0.2) is 0 Å². The van der Waals surface area contributed by atoms with Gasteiger partial charge in [-0.15, -0.1) is 5.10 Å². The Kier molecular flexibility index (Phi) is 3.76. The number of carbonyl (C=O) groups is 1. The maximum absolute atomic E-state index is 11.0. The first-order chi connectivity index (χ1) is 8.22. The average Bonchev–Trinajstić information content (AvgIpc) is 2.56. The van der Waals surface area contributed by atoms with Gasteiger partial charge in [-0.25, -0.2) is 4.68 Å². The van der Waals surface area contributed by atoms with Crippen LogP contribution in [0.15, 0.2) is 0 Å². The highest BCUT2D eigenvalue weighted by atomic mass is 16.1. The zero-order chi connectivity index (χ0) is 12.3. The zero-order valence-corrected chi connectivity index (χ0v) is 10.4. The Labute approximate surface area is 101 Å². The van der Waals surface area contributed by atoms with Crippen molar-refractivity contribution in [3.63, 3.8) is 0 Å². The lowest BCUT2D eigenvalue weighted by Crippen LogP contribution is -2.20. The molecule has 0 atom stereocenters. The standard InChI is InChI=1S/C12H20N4O/c1-2-3-7-16-12(9-5-4-6-9)10(14-15-16)8-11(13)17/h9H,2-8H2,1H3,(H2,13,17). The highest BCUT2D eigenvalue weighted by molar-refractivity contribution is 5.76. The molecular formula is C12H20N4O. The Morgan fingerprint density at radius 1 is 1.53 bits per heavy atom.